The average molecular weight is 284 g/mol. The van der Waals surface area contributed by atoms with Gasteiger partial charge in [-0.25, -0.2) is 0 Å². The topological polar surface area (TPSA) is 49.8 Å². The van der Waals surface area contributed by atoms with E-state index in [-0.39, 0.29) is 11.7 Å². The van der Waals surface area contributed by atoms with Crippen molar-refractivity contribution in [2.45, 2.75) is 12.8 Å². The maximum Gasteiger partial charge on any atom is 0.257 e. The summed E-state index contributed by atoms with van der Waals surface area (Å²) in [4.78, 5) is 14.1. The van der Waals surface area contributed by atoms with E-state index < -0.39 is 0 Å². The highest BCUT2D eigenvalue weighted by Gasteiger charge is 2.25. The van der Waals surface area contributed by atoms with Crippen LogP contribution in [-0.2, 0) is 0 Å². The van der Waals surface area contributed by atoms with E-state index in [1.165, 1.54) is 7.11 Å². The van der Waals surface area contributed by atoms with Crippen LogP contribution in [0.5, 0.6) is 11.5 Å². The molecule has 0 radical (unpaired) electrons. The molecule has 0 aromatic heterocycles. The van der Waals surface area contributed by atoms with E-state index in [0.717, 1.165) is 12.8 Å². The van der Waals surface area contributed by atoms with Gasteiger partial charge in [-0.3, -0.25) is 4.79 Å². The number of hydrogen-bond donors (Lipinski definition) is 1. The van der Waals surface area contributed by atoms with Crippen LogP contribution < -0.4 is 4.74 Å². The van der Waals surface area contributed by atoms with Crippen LogP contribution in [0.15, 0.2) is 18.2 Å². The molecule has 1 aliphatic heterocycles. The van der Waals surface area contributed by atoms with Crippen LogP contribution in [0, 0.1) is 5.92 Å². The number of rotatable bonds is 3. The molecular formula is C14H18ClNO3. The fourth-order valence-corrected chi connectivity index (χ4v) is 2.63. The Morgan fingerprint density at radius 1 is 1.47 bits per heavy atom. The summed E-state index contributed by atoms with van der Waals surface area (Å²) in [5.74, 6) is 1.22. The van der Waals surface area contributed by atoms with Crippen molar-refractivity contribution < 1.29 is 14.6 Å². The van der Waals surface area contributed by atoms with E-state index in [2.05, 4.69) is 0 Å². The fraction of sp³-hybridized carbons (Fsp3) is 0.500. The monoisotopic (exact) mass is 283 g/mol. The largest absolute Gasteiger partial charge is 0.504 e. The van der Waals surface area contributed by atoms with Crippen LogP contribution in [0.2, 0.25) is 0 Å². The number of methoxy groups -OCH3 is 1. The number of aromatic hydroxyl groups is 1. The van der Waals surface area contributed by atoms with Gasteiger partial charge in [0.05, 0.1) is 12.7 Å². The van der Waals surface area contributed by atoms with Gasteiger partial charge in [0, 0.05) is 19.0 Å². The van der Waals surface area contributed by atoms with Crippen LogP contribution in [0.1, 0.15) is 23.2 Å². The standard InChI is InChI=1S/C14H18ClNO3/c1-19-12-4-2-3-11(13(12)17)14(18)16-7-5-10(9-15)6-8-16/h2-4,10,17H,5-9H2,1H3. The minimum Gasteiger partial charge on any atom is -0.504 e. The Kier molecular flexibility index (Phi) is 4.53. The first-order chi connectivity index (χ1) is 9.17. The number of amides is 1. The van der Waals surface area contributed by atoms with E-state index in [4.69, 9.17) is 16.3 Å². The van der Waals surface area contributed by atoms with Gasteiger partial charge in [0.1, 0.15) is 0 Å². The summed E-state index contributed by atoms with van der Waals surface area (Å²) in [6.07, 6.45) is 1.83. The second-order valence-electron chi connectivity index (χ2n) is 4.75. The Labute approximate surface area is 117 Å². The molecule has 4 nitrogen and oxygen atoms in total. The molecule has 5 heteroatoms. The van der Waals surface area contributed by atoms with Gasteiger partial charge >= 0.3 is 0 Å². The zero-order chi connectivity index (χ0) is 13.8. The summed E-state index contributed by atoms with van der Waals surface area (Å²) in [7, 11) is 1.47. The third kappa shape index (κ3) is 2.95. The number of phenolic OH excluding ortho intramolecular Hbond substituents is 1. The third-order valence-corrected chi connectivity index (χ3v) is 4.01. The average Bonchev–Trinajstić information content (AvgIpc) is 2.47. The van der Waals surface area contributed by atoms with Crippen molar-refractivity contribution in [3.8, 4) is 11.5 Å². The Morgan fingerprint density at radius 3 is 2.74 bits per heavy atom. The zero-order valence-corrected chi connectivity index (χ0v) is 11.7. The van der Waals surface area contributed by atoms with Crippen molar-refractivity contribution in [1.82, 2.24) is 4.90 Å². The molecule has 1 saturated heterocycles. The SMILES string of the molecule is COc1cccc(C(=O)N2CCC(CCl)CC2)c1O. The summed E-state index contributed by atoms with van der Waals surface area (Å²) in [6.45, 7) is 1.37. The van der Waals surface area contributed by atoms with Gasteiger partial charge in [-0.2, -0.15) is 0 Å². The summed E-state index contributed by atoms with van der Waals surface area (Å²) < 4.78 is 5.02. The molecule has 0 aliphatic carbocycles. The minimum absolute atomic E-state index is 0.0885. The highest BCUT2D eigenvalue weighted by atomic mass is 35.5. The molecular weight excluding hydrogens is 266 g/mol. The number of nitrogens with zero attached hydrogens (tertiary/aromatic N) is 1. The Hall–Kier alpha value is -1.42. The third-order valence-electron chi connectivity index (χ3n) is 3.57. The molecule has 19 heavy (non-hydrogen) atoms. The lowest BCUT2D eigenvalue weighted by Gasteiger charge is -2.31. The number of alkyl halides is 1. The molecule has 1 aromatic carbocycles. The summed E-state index contributed by atoms with van der Waals surface area (Å²) in [5, 5.41) is 9.99. The maximum atomic E-state index is 12.4. The van der Waals surface area contributed by atoms with E-state index >= 15 is 0 Å². The smallest absolute Gasteiger partial charge is 0.257 e. The molecule has 0 spiro atoms. The van der Waals surface area contributed by atoms with E-state index in [9.17, 15) is 9.90 Å². The van der Waals surface area contributed by atoms with Gasteiger partial charge in [-0.15, -0.1) is 11.6 Å². The predicted molar refractivity (Wildman–Crippen MR) is 74.0 cm³/mol. The molecule has 1 heterocycles. The molecule has 2 rings (SSSR count). The number of carbonyl (C=O) groups excluding carboxylic acids is 1. The number of piperidine rings is 1. The quantitative estimate of drug-likeness (QED) is 0.867. The van der Waals surface area contributed by atoms with Crippen LogP contribution >= 0.6 is 11.6 Å². The number of hydrogen-bond acceptors (Lipinski definition) is 3. The van der Waals surface area contributed by atoms with Crippen molar-refractivity contribution in [2.24, 2.45) is 5.92 Å². The van der Waals surface area contributed by atoms with Gasteiger partial charge in [0.2, 0.25) is 0 Å². The maximum absolute atomic E-state index is 12.4. The van der Waals surface area contributed by atoms with E-state index in [1.807, 2.05) is 0 Å². The lowest BCUT2D eigenvalue weighted by atomic mass is 9.98. The van der Waals surface area contributed by atoms with Gasteiger partial charge < -0.3 is 14.7 Å². The molecule has 1 fully saturated rings. The van der Waals surface area contributed by atoms with Crippen molar-refractivity contribution in [1.29, 1.82) is 0 Å². The summed E-state index contributed by atoms with van der Waals surface area (Å²) in [6, 6.07) is 4.96. The molecule has 1 aliphatic rings. The van der Waals surface area contributed by atoms with Crippen molar-refractivity contribution in [3.05, 3.63) is 23.8 Å². The van der Waals surface area contributed by atoms with Crippen LogP contribution in [0.25, 0.3) is 0 Å². The lowest BCUT2D eigenvalue weighted by molar-refractivity contribution is 0.0694. The summed E-state index contributed by atoms with van der Waals surface area (Å²) >= 11 is 5.83. The first-order valence-electron chi connectivity index (χ1n) is 6.38. The molecule has 104 valence electrons. The summed E-state index contributed by atoms with van der Waals surface area (Å²) in [5.41, 5.74) is 0.295. The van der Waals surface area contributed by atoms with Crippen LogP contribution in [0.4, 0.5) is 0 Å². The van der Waals surface area contributed by atoms with E-state index in [0.29, 0.717) is 36.2 Å². The van der Waals surface area contributed by atoms with Crippen molar-refractivity contribution in [3.63, 3.8) is 0 Å². The number of phenols is 1. The number of ether oxygens (including phenoxy) is 1. The molecule has 0 atom stereocenters. The molecule has 0 bridgehead atoms. The van der Waals surface area contributed by atoms with Gasteiger partial charge in [-0.1, -0.05) is 6.07 Å². The molecule has 1 N–H and O–H groups in total. The van der Waals surface area contributed by atoms with Gasteiger partial charge in [0.25, 0.3) is 5.91 Å². The first kappa shape index (κ1) is 14.0. The Bertz CT molecular complexity index is 456. The molecule has 0 unspecified atom stereocenters. The Balaban J connectivity index is 2.12. The van der Waals surface area contributed by atoms with Crippen LogP contribution in [0.3, 0.4) is 0 Å². The highest BCUT2D eigenvalue weighted by Crippen LogP contribution is 2.31. The first-order valence-corrected chi connectivity index (χ1v) is 6.92. The van der Waals surface area contributed by atoms with Crippen molar-refractivity contribution >= 4 is 17.5 Å². The minimum atomic E-state index is -0.149. The van der Waals surface area contributed by atoms with Crippen LogP contribution in [-0.4, -0.2) is 42.0 Å². The molecule has 1 amide bonds. The zero-order valence-electron chi connectivity index (χ0n) is 10.9. The number of benzene rings is 1. The Morgan fingerprint density at radius 2 is 2.16 bits per heavy atom. The lowest BCUT2D eigenvalue weighted by Crippen LogP contribution is -2.38. The van der Waals surface area contributed by atoms with Crippen molar-refractivity contribution in [2.75, 3.05) is 26.1 Å². The number of halogens is 1. The predicted octanol–water partition coefficient (Wildman–Crippen LogP) is 2.49. The van der Waals surface area contributed by atoms with Gasteiger partial charge in [0.15, 0.2) is 11.5 Å². The number of carbonyl (C=O) groups is 1. The molecule has 0 saturated carbocycles. The molecule has 1 aromatic rings. The highest BCUT2D eigenvalue weighted by molar-refractivity contribution is 6.18. The number of likely N-dealkylation sites (tertiary alicyclic amines) is 1. The number of para-hydroxylation sites is 1. The van der Waals surface area contributed by atoms with Gasteiger partial charge in [-0.05, 0) is 30.9 Å². The normalized spacial score (nSPS) is 16.4. The second kappa shape index (κ2) is 6.15. The second-order valence-corrected chi connectivity index (χ2v) is 5.05. The van der Waals surface area contributed by atoms with E-state index in [1.54, 1.807) is 23.1 Å². The fourth-order valence-electron chi connectivity index (χ4n) is 2.32.